The molecule has 0 aliphatic heterocycles. The molecule has 0 aromatic rings. The fraction of sp³-hybridized carbons (Fsp3) is 0.833. The molecule has 4 saturated carbocycles. The standard InChI is InChI=1S/C30H46O3/c1-18-10-15-30(25(32)33)17-16-28(6)20(24(30)19(18)2)8-9-22-27(5)13-12-23(31)26(3,4)21(27)11-14-29(22,28)7/h8-9,18-19,21,23-24,31H,10-17H2,1-7H3,(H,32,33)/t18-,19+,21+,23+,24+,27+,28-,29-,30+/m1/s1. The van der Waals surface area contributed by atoms with Crippen molar-refractivity contribution in [2.75, 3.05) is 0 Å². The number of carboxylic acids is 1. The van der Waals surface area contributed by atoms with Crippen molar-refractivity contribution in [1.29, 1.82) is 0 Å². The number of carbonyl (C=O) groups is 1. The van der Waals surface area contributed by atoms with Crippen LogP contribution in [0.4, 0.5) is 0 Å². The van der Waals surface area contributed by atoms with Gasteiger partial charge in [0, 0.05) is 0 Å². The quantitative estimate of drug-likeness (QED) is 0.448. The number of aliphatic carboxylic acids is 1. The predicted molar refractivity (Wildman–Crippen MR) is 133 cm³/mol. The molecule has 33 heavy (non-hydrogen) atoms. The number of aliphatic hydroxyl groups is 1. The zero-order valence-corrected chi connectivity index (χ0v) is 22.0. The third kappa shape index (κ3) is 2.69. The monoisotopic (exact) mass is 454 g/mol. The topological polar surface area (TPSA) is 57.5 Å². The van der Waals surface area contributed by atoms with Crippen molar-refractivity contribution in [2.24, 2.45) is 50.7 Å². The van der Waals surface area contributed by atoms with E-state index < -0.39 is 11.4 Å². The molecule has 0 spiro atoms. The molecule has 0 saturated heterocycles. The Labute approximate surface area is 201 Å². The SMILES string of the molecule is C[C@H]1[C@H](C)CC[C@]2(C(=O)O)CC[C@]3(C)C(=CC=C4[C@@]5(C)CC[C@H](O)C(C)(C)[C@@H]5CC[C@]43C)[C@H]12. The number of rotatable bonds is 1. The van der Waals surface area contributed by atoms with E-state index in [4.69, 9.17) is 0 Å². The molecule has 3 nitrogen and oxygen atoms in total. The Morgan fingerprint density at radius 3 is 2.24 bits per heavy atom. The molecule has 9 atom stereocenters. The Bertz CT molecular complexity index is 929. The zero-order valence-electron chi connectivity index (χ0n) is 22.0. The summed E-state index contributed by atoms with van der Waals surface area (Å²) >= 11 is 0. The summed E-state index contributed by atoms with van der Waals surface area (Å²) < 4.78 is 0. The third-order valence-corrected chi connectivity index (χ3v) is 12.8. The van der Waals surface area contributed by atoms with E-state index in [2.05, 4.69) is 60.6 Å². The van der Waals surface area contributed by atoms with E-state index in [1.807, 2.05) is 0 Å². The second-order valence-corrected chi connectivity index (χ2v) is 14.1. The third-order valence-electron chi connectivity index (χ3n) is 12.8. The molecule has 5 rings (SSSR count). The maximum absolute atomic E-state index is 12.8. The largest absolute Gasteiger partial charge is 0.481 e. The van der Waals surface area contributed by atoms with Gasteiger partial charge in [-0.15, -0.1) is 0 Å². The van der Waals surface area contributed by atoms with Crippen LogP contribution in [0, 0.1) is 50.7 Å². The Morgan fingerprint density at radius 2 is 1.58 bits per heavy atom. The lowest BCUT2D eigenvalue weighted by molar-refractivity contribution is -0.166. The van der Waals surface area contributed by atoms with Gasteiger partial charge in [-0.25, -0.2) is 0 Å². The highest BCUT2D eigenvalue weighted by Crippen LogP contribution is 2.74. The molecule has 184 valence electrons. The average Bonchev–Trinajstić information content (AvgIpc) is 2.74. The van der Waals surface area contributed by atoms with E-state index in [1.54, 1.807) is 5.57 Å². The van der Waals surface area contributed by atoms with Crippen LogP contribution >= 0.6 is 0 Å². The van der Waals surface area contributed by atoms with Crippen LogP contribution in [0.15, 0.2) is 23.3 Å². The molecule has 5 aliphatic carbocycles. The maximum atomic E-state index is 12.8. The summed E-state index contributed by atoms with van der Waals surface area (Å²) in [5.41, 5.74) is 2.56. The average molecular weight is 455 g/mol. The Hall–Kier alpha value is -1.09. The van der Waals surface area contributed by atoms with Crippen molar-refractivity contribution in [3.05, 3.63) is 23.3 Å². The van der Waals surface area contributed by atoms with Crippen LogP contribution in [0.2, 0.25) is 0 Å². The maximum Gasteiger partial charge on any atom is 0.310 e. The molecule has 5 aliphatic rings. The lowest BCUT2D eigenvalue weighted by atomic mass is 9.35. The van der Waals surface area contributed by atoms with Gasteiger partial charge in [0.2, 0.25) is 0 Å². The van der Waals surface area contributed by atoms with Gasteiger partial charge >= 0.3 is 5.97 Å². The highest BCUT2D eigenvalue weighted by Gasteiger charge is 2.67. The molecule has 2 N–H and O–H groups in total. The summed E-state index contributed by atoms with van der Waals surface area (Å²) in [6.45, 7) is 16.7. The van der Waals surface area contributed by atoms with E-state index in [1.165, 1.54) is 5.57 Å². The van der Waals surface area contributed by atoms with Crippen molar-refractivity contribution in [3.8, 4) is 0 Å². The second kappa shape index (κ2) is 6.99. The van der Waals surface area contributed by atoms with Crippen molar-refractivity contribution in [2.45, 2.75) is 106 Å². The lowest BCUT2D eigenvalue weighted by Crippen LogP contribution is -2.62. The molecule has 3 heteroatoms. The van der Waals surface area contributed by atoms with Crippen LogP contribution in [0.1, 0.15) is 99.8 Å². The Balaban J connectivity index is 1.67. The molecule has 0 aromatic heterocycles. The number of hydrogen-bond acceptors (Lipinski definition) is 2. The fourth-order valence-corrected chi connectivity index (χ4v) is 10.2. The smallest absolute Gasteiger partial charge is 0.310 e. The normalized spacial score (nSPS) is 52.9. The lowest BCUT2D eigenvalue weighted by Gasteiger charge is -2.68. The highest BCUT2D eigenvalue weighted by molar-refractivity contribution is 5.77. The van der Waals surface area contributed by atoms with E-state index >= 15 is 0 Å². The van der Waals surface area contributed by atoms with Crippen molar-refractivity contribution >= 4 is 5.97 Å². The van der Waals surface area contributed by atoms with Crippen LogP contribution in [0.3, 0.4) is 0 Å². The van der Waals surface area contributed by atoms with E-state index in [-0.39, 0.29) is 33.7 Å². The summed E-state index contributed by atoms with van der Waals surface area (Å²) in [6.07, 6.45) is 12.5. The van der Waals surface area contributed by atoms with Crippen molar-refractivity contribution in [3.63, 3.8) is 0 Å². The number of hydrogen-bond donors (Lipinski definition) is 2. The highest BCUT2D eigenvalue weighted by atomic mass is 16.4. The molecule has 0 aromatic carbocycles. The summed E-state index contributed by atoms with van der Waals surface area (Å²) in [5, 5.41) is 21.4. The molecule has 0 amide bonds. The molecular formula is C30H46O3. The first-order chi connectivity index (χ1) is 15.3. The van der Waals surface area contributed by atoms with Gasteiger partial charge in [0.25, 0.3) is 0 Å². The summed E-state index contributed by atoms with van der Waals surface area (Å²) in [7, 11) is 0. The molecular weight excluding hydrogens is 408 g/mol. The van der Waals surface area contributed by atoms with E-state index in [0.29, 0.717) is 17.8 Å². The zero-order chi connectivity index (χ0) is 24.2. The van der Waals surface area contributed by atoms with Crippen molar-refractivity contribution in [1.82, 2.24) is 0 Å². The summed E-state index contributed by atoms with van der Waals surface area (Å²) in [6, 6.07) is 0. The van der Waals surface area contributed by atoms with Crippen LogP contribution in [0.25, 0.3) is 0 Å². The van der Waals surface area contributed by atoms with Crippen LogP contribution in [-0.4, -0.2) is 22.3 Å². The summed E-state index contributed by atoms with van der Waals surface area (Å²) in [4.78, 5) is 12.8. The van der Waals surface area contributed by atoms with Gasteiger partial charge in [-0.1, -0.05) is 71.8 Å². The Morgan fingerprint density at radius 1 is 0.879 bits per heavy atom. The van der Waals surface area contributed by atoms with Crippen LogP contribution in [-0.2, 0) is 4.79 Å². The van der Waals surface area contributed by atoms with Gasteiger partial charge < -0.3 is 10.2 Å². The van der Waals surface area contributed by atoms with E-state index in [0.717, 1.165) is 51.4 Å². The van der Waals surface area contributed by atoms with Gasteiger partial charge in [-0.2, -0.15) is 0 Å². The van der Waals surface area contributed by atoms with Gasteiger partial charge in [-0.3, -0.25) is 4.79 Å². The predicted octanol–water partition coefficient (Wildman–Crippen LogP) is 7.01. The van der Waals surface area contributed by atoms with Gasteiger partial charge in [0.05, 0.1) is 11.5 Å². The number of allylic oxidation sites excluding steroid dienone is 4. The van der Waals surface area contributed by atoms with Gasteiger partial charge in [-0.05, 0) is 96.7 Å². The van der Waals surface area contributed by atoms with E-state index in [9.17, 15) is 15.0 Å². The first-order valence-electron chi connectivity index (χ1n) is 13.6. The number of aliphatic hydroxyl groups excluding tert-OH is 1. The van der Waals surface area contributed by atoms with Gasteiger partial charge in [0.1, 0.15) is 0 Å². The fourth-order valence-electron chi connectivity index (χ4n) is 10.2. The van der Waals surface area contributed by atoms with Crippen LogP contribution in [0.5, 0.6) is 0 Å². The van der Waals surface area contributed by atoms with Crippen molar-refractivity contribution < 1.29 is 15.0 Å². The Kier molecular flexibility index (Phi) is 5.01. The molecule has 0 radical (unpaired) electrons. The minimum atomic E-state index is -0.586. The first kappa shape index (κ1) is 23.6. The summed E-state index contributed by atoms with van der Waals surface area (Å²) in [5.74, 6) is 1.03. The first-order valence-corrected chi connectivity index (χ1v) is 13.6. The molecule has 4 fully saturated rings. The molecule has 0 unspecified atom stereocenters. The minimum Gasteiger partial charge on any atom is -0.481 e. The van der Waals surface area contributed by atoms with Crippen LogP contribution < -0.4 is 0 Å². The molecule has 0 bridgehead atoms. The van der Waals surface area contributed by atoms with Gasteiger partial charge in [0.15, 0.2) is 0 Å². The second-order valence-electron chi connectivity index (χ2n) is 14.1. The number of fused-ring (bicyclic) bond motifs is 7. The minimum absolute atomic E-state index is 0.0141. The molecule has 0 heterocycles. The number of carboxylic acid groups (broad SMARTS) is 1.